The van der Waals surface area contributed by atoms with Crippen LogP contribution in [0.2, 0.25) is 0 Å². The number of aryl methyl sites for hydroxylation is 1. The third-order valence-electron chi connectivity index (χ3n) is 6.36. The molecule has 3 heterocycles. The van der Waals surface area contributed by atoms with E-state index in [0.717, 1.165) is 18.5 Å². The second-order valence-corrected chi connectivity index (χ2v) is 8.78. The number of carbonyl (C=O) groups excluding carboxylic acids is 1. The van der Waals surface area contributed by atoms with Crippen LogP contribution in [0.1, 0.15) is 48.1 Å². The summed E-state index contributed by atoms with van der Waals surface area (Å²) < 4.78 is 18.4. The summed E-state index contributed by atoms with van der Waals surface area (Å²) in [5.41, 5.74) is 0.0104. The standard InChI is InChI=1S/C27H32N4O6/c1-4-5-12-22-29-25(32)23(27(34)31(22)24-20(35-2)10-8-11-21(24)36-3)26(33)30-15-13-19(16-30)37-17-18-9-6-7-14-28-18/h6-11,14,19,34H,4-5,12-13,15-17H2,1-3H3/t19-/m0/s1. The topological polar surface area (TPSA) is 116 Å². The Bertz CT molecular complexity index is 1270. The maximum absolute atomic E-state index is 13.5. The first-order chi connectivity index (χ1) is 18.0. The summed E-state index contributed by atoms with van der Waals surface area (Å²) in [4.78, 5) is 36.6. The molecule has 1 aromatic carbocycles. The number of benzene rings is 1. The summed E-state index contributed by atoms with van der Waals surface area (Å²) in [6.45, 7) is 3.02. The first-order valence-corrected chi connectivity index (χ1v) is 12.4. The van der Waals surface area contributed by atoms with Gasteiger partial charge in [-0.2, -0.15) is 4.98 Å². The third-order valence-corrected chi connectivity index (χ3v) is 6.36. The molecule has 10 heteroatoms. The van der Waals surface area contributed by atoms with Crippen LogP contribution in [0, 0.1) is 0 Å². The zero-order valence-electron chi connectivity index (χ0n) is 21.3. The predicted molar refractivity (Wildman–Crippen MR) is 137 cm³/mol. The number of rotatable bonds is 10. The maximum Gasteiger partial charge on any atom is 0.289 e. The molecule has 0 radical (unpaired) electrons. The summed E-state index contributed by atoms with van der Waals surface area (Å²) in [5.74, 6) is 0.0443. The number of likely N-dealkylation sites (tertiary alicyclic amines) is 1. The van der Waals surface area contributed by atoms with E-state index in [2.05, 4.69) is 9.97 Å². The molecule has 4 rings (SSSR count). The number of methoxy groups -OCH3 is 2. The molecule has 1 N–H and O–H groups in total. The highest BCUT2D eigenvalue weighted by molar-refractivity contribution is 5.96. The number of hydrogen-bond acceptors (Lipinski definition) is 8. The minimum atomic E-state index is -0.767. The van der Waals surface area contributed by atoms with Crippen LogP contribution in [-0.2, 0) is 17.8 Å². The lowest BCUT2D eigenvalue weighted by Gasteiger charge is -2.22. The molecule has 0 aliphatic carbocycles. The number of aromatic nitrogens is 3. The number of ether oxygens (including phenoxy) is 3. The molecule has 0 saturated carbocycles. The molecule has 0 spiro atoms. The van der Waals surface area contributed by atoms with E-state index < -0.39 is 22.9 Å². The quantitative estimate of drug-likeness (QED) is 0.444. The monoisotopic (exact) mass is 508 g/mol. The molecule has 3 aromatic rings. The van der Waals surface area contributed by atoms with Crippen LogP contribution in [0.5, 0.6) is 17.4 Å². The van der Waals surface area contributed by atoms with Crippen molar-refractivity contribution in [2.45, 2.75) is 45.3 Å². The van der Waals surface area contributed by atoms with Gasteiger partial charge in [-0.3, -0.25) is 19.1 Å². The number of carbonyl (C=O) groups is 1. The Morgan fingerprint density at radius 1 is 1.14 bits per heavy atom. The Morgan fingerprint density at radius 3 is 2.54 bits per heavy atom. The van der Waals surface area contributed by atoms with Crippen LogP contribution in [0.3, 0.4) is 0 Å². The molecule has 1 aliphatic heterocycles. The number of unbranched alkanes of at least 4 members (excludes halogenated alkanes) is 1. The first kappa shape index (κ1) is 26.2. The van der Waals surface area contributed by atoms with E-state index in [1.165, 1.54) is 23.7 Å². The van der Waals surface area contributed by atoms with E-state index in [1.54, 1.807) is 24.4 Å². The molecule has 1 atom stereocenters. The van der Waals surface area contributed by atoms with Gasteiger partial charge in [-0.15, -0.1) is 0 Å². The van der Waals surface area contributed by atoms with Gasteiger partial charge >= 0.3 is 0 Å². The highest BCUT2D eigenvalue weighted by atomic mass is 16.5. The summed E-state index contributed by atoms with van der Waals surface area (Å²) in [7, 11) is 3.00. The Kier molecular flexibility index (Phi) is 8.39. The van der Waals surface area contributed by atoms with Crippen molar-refractivity contribution in [3.8, 4) is 23.1 Å². The normalized spacial score (nSPS) is 15.1. The van der Waals surface area contributed by atoms with Crippen molar-refractivity contribution >= 4 is 5.91 Å². The smallest absolute Gasteiger partial charge is 0.289 e. The fraction of sp³-hybridized carbons (Fsp3) is 0.407. The van der Waals surface area contributed by atoms with Gasteiger partial charge in [-0.1, -0.05) is 25.5 Å². The van der Waals surface area contributed by atoms with E-state index >= 15 is 0 Å². The summed E-state index contributed by atoms with van der Waals surface area (Å²) in [5, 5.41) is 11.4. The number of hydrogen-bond donors (Lipinski definition) is 1. The summed E-state index contributed by atoms with van der Waals surface area (Å²) >= 11 is 0. The van der Waals surface area contributed by atoms with Crippen molar-refractivity contribution in [3.63, 3.8) is 0 Å². The SMILES string of the molecule is CCCCc1nc(=O)c(C(=O)N2CC[C@H](OCc3ccccn3)C2)c(O)n1-c1c(OC)cccc1OC. The van der Waals surface area contributed by atoms with Gasteiger partial charge in [-0.05, 0) is 37.1 Å². The number of pyridine rings is 1. The van der Waals surface area contributed by atoms with Gasteiger partial charge in [0.15, 0.2) is 5.56 Å². The first-order valence-electron chi connectivity index (χ1n) is 12.4. The highest BCUT2D eigenvalue weighted by Gasteiger charge is 2.33. The molecule has 0 unspecified atom stereocenters. The average molecular weight is 509 g/mol. The number of aromatic hydroxyl groups is 1. The zero-order chi connectivity index (χ0) is 26.4. The predicted octanol–water partition coefficient (Wildman–Crippen LogP) is 3.12. The fourth-order valence-electron chi connectivity index (χ4n) is 4.42. The van der Waals surface area contributed by atoms with Gasteiger partial charge < -0.3 is 24.2 Å². The second-order valence-electron chi connectivity index (χ2n) is 8.78. The molecular formula is C27H32N4O6. The van der Waals surface area contributed by atoms with Crippen LogP contribution < -0.4 is 15.0 Å². The Hall–Kier alpha value is -3.92. The van der Waals surface area contributed by atoms with Crippen LogP contribution in [0.25, 0.3) is 5.69 Å². The fourth-order valence-corrected chi connectivity index (χ4v) is 4.42. The number of nitrogens with zero attached hydrogens (tertiary/aromatic N) is 4. The van der Waals surface area contributed by atoms with Crippen molar-refractivity contribution in [1.82, 2.24) is 19.4 Å². The van der Waals surface area contributed by atoms with Crippen molar-refractivity contribution in [1.29, 1.82) is 0 Å². The molecule has 1 aliphatic rings. The van der Waals surface area contributed by atoms with Crippen molar-refractivity contribution in [3.05, 3.63) is 70.0 Å². The summed E-state index contributed by atoms with van der Waals surface area (Å²) in [6.07, 6.45) is 4.11. The van der Waals surface area contributed by atoms with E-state index in [4.69, 9.17) is 14.2 Å². The Morgan fingerprint density at radius 2 is 1.89 bits per heavy atom. The molecule has 2 aromatic heterocycles. The van der Waals surface area contributed by atoms with E-state index in [-0.39, 0.29) is 6.10 Å². The Balaban J connectivity index is 1.67. The van der Waals surface area contributed by atoms with E-state index in [9.17, 15) is 14.7 Å². The Labute approximate surface area is 215 Å². The van der Waals surface area contributed by atoms with E-state index in [0.29, 0.717) is 55.5 Å². The molecular weight excluding hydrogens is 476 g/mol. The summed E-state index contributed by atoms with van der Waals surface area (Å²) in [6, 6.07) is 10.8. The van der Waals surface area contributed by atoms with Gasteiger partial charge in [0.25, 0.3) is 11.5 Å². The second kappa shape index (κ2) is 11.9. The lowest BCUT2D eigenvalue weighted by Crippen LogP contribution is -2.35. The van der Waals surface area contributed by atoms with Crippen molar-refractivity contribution in [2.24, 2.45) is 0 Å². The minimum absolute atomic E-state index is 0.207. The number of amides is 1. The van der Waals surface area contributed by atoms with Crippen molar-refractivity contribution in [2.75, 3.05) is 27.3 Å². The van der Waals surface area contributed by atoms with E-state index in [1.807, 2.05) is 25.1 Å². The molecule has 10 nitrogen and oxygen atoms in total. The van der Waals surface area contributed by atoms with Crippen LogP contribution in [0.15, 0.2) is 47.4 Å². The lowest BCUT2D eigenvalue weighted by atomic mass is 10.2. The van der Waals surface area contributed by atoms with Gasteiger partial charge in [0.1, 0.15) is 23.0 Å². The van der Waals surface area contributed by atoms with Gasteiger partial charge in [0, 0.05) is 25.7 Å². The van der Waals surface area contributed by atoms with Crippen LogP contribution in [-0.4, -0.2) is 63.9 Å². The highest BCUT2D eigenvalue weighted by Crippen LogP contribution is 2.36. The number of para-hydroxylation sites is 1. The zero-order valence-corrected chi connectivity index (χ0v) is 21.3. The lowest BCUT2D eigenvalue weighted by molar-refractivity contribution is 0.0420. The molecule has 196 valence electrons. The largest absolute Gasteiger partial charge is 0.494 e. The molecule has 1 amide bonds. The molecule has 1 saturated heterocycles. The van der Waals surface area contributed by atoms with Crippen molar-refractivity contribution < 1.29 is 24.1 Å². The van der Waals surface area contributed by atoms with Gasteiger partial charge in [-0.25, -0.2) is 0 Å². The molecule has 1 fully saturated rings. The average Bonchev–Trinajstić information content (AvgIpc) is 3.40. The maximum atomic E-state index is 13.5. The van der Waals surface area contributed by atoms with Gasteiger partial charge in [0.05, 0.1) is 32.6 Å². The van der Waals surface area contributed by atoms with Gasteiger partial charge in [0.2, 0.25) is 5.88 Å². The van der Waals surface area contributed by atoms with Crippen LogP contribution in [0.4, 0.5) is 0 Å². The molecule has 0 bridgehead atoms. The van der Waals surface area contributed by atoms with Crippen LogP contribution >= 0.6 is 0 Å². The third kappa shape index (κ3) is 5.59. The molecule has 37 heavy (non-hydrogen) atoms. The minimum Gasteiger partial charge on any atom is -0.494 e.